The zero-order chi connectivity index (χ0) is 12.1. The molecule has 1 atom stereocenters. The molecule has 0 aromatic heterocycles. The molecule has 84 valence electrons. The molecule has 0 spiro atoms. The fourth-order valence-corrected chi connectivity index (χ4v) is 1.82. The minimum atomic E-state index is -0.0409. The van der Waals surface area contributed by atoms with Crippen LogP contribution >= 0.6 is 0 Å². The van der Waals surface area contributed by atoms with E-state index >= 15 is 0 Å². The summed E-state index contributed by atoms with van der Waals surface area (Å²) >= 11 is 0. The topological polar surface area (TPSA) is 4.36 Å². The smallest absolute Gasteiger partial charge is 0.245 e. The number of benzene rings is 2. The van der Waals surface area contributed by atoms with E-state index in [1.807, 2.05) is 13.0 Å². The van der Waals surface area contributed by atoms with Crippen LogP contribution in [0.25, 0.3) is 4.85 Å². The third-order valence-electron chi connectivity index (χ3n) is 2.91. The van der Waals surface area contributed by atoms with Crippen molar-refractivity contribution < 1.29 is 0 Å². The van der Waals surface area contributed by atoms with Crippen LogP contribution in [0.15, 0.2) is 54.6 Å². The second-order valence-electron chi connectivity index (χ2n) is 4.21. The van der Waals surface area contributed by atoms with Crippen LogP contribution in [-0.4, -0.2) is 0 Å². The summed E-state index contributed by atoms with van der Waals surface area (Å²) in [5, 5.41) is 0. The van der Waals surface area contributed by atoms with E-state index in [1.165, 1.54) is 11.1 Å². The van der Waals surface area contributed by atoms with Crippen molar-refractivity contribution in [2.24, 2.45) is 0 Å². The lowest BCUT2D eigenvalue weighted by Gasteiger charge is -2.04. The average Bonchev–Trinajstić information content (AvgIpc) is 2.40. The molecule has 0 aliphatic carbocycles. The quantitative estimate of drug-likeness (QED) is 0.682. The predicted molar refractivity (Wildman–Crippen MR) is 70.7 cm³/mol. The summed E-state index contributed by atoms with van der Waals surface area (Å²) in [6, 6.07) is 18.7. The molecular weight excluding hydrogens is 206 g/mol. The van der Waals surface area contributed by atoms with E-state index in [-0.39, 0.29) is 6.04 Å². The molecule has 0 heterocycles. The Hall–Kier alpha value is -2.07. The molecule has 2 rings (SSSR count). The Labute approximate surface area is 103 Å². The summed E-state index contributed by atoms with van der Waals surface area (Å²) < 4.78 is 0. The summed E-state index contributed by atoms with van der Waals surface area (Å²) in [5.74, 6) is 0. The average molecular weight is 221 g/mol. The molecule has 2 aromatic carbocycles. The highest BCUT2D eigenvalue weighted by atomic mass is 14.7. The fraction of sp³-hybridized carbons (Fsp3) is 0.188. The minimum absolute atomic E-state index is 0.0409. The zero-order valence-corrected chi connectivity index (χ0v) is 9.93. The lowest BCUT2D eigenvalue weighted by Crippen LogP contribution is -1.90. The van der Waals surface area contributed by atoms with Crippen LogP contribution < -0.4 is 0 Å². The standard InChI is InChI=1S/C16H15N/c1-13(17-2)16-10-8-15(9-11-16)12-14-6-4-3-5-7-14/h3-11,13H,12H2,1H3. The van der Waals surface area contributed by atoms with Gasteiger partial charge in [-0.1, -0.05) is 54.6 Å². The fourth-order valence-electron chi connectivity index (χ4n) is 1.82. The molecule has 2 aromatic rings. The normalized spacial score (nSPS) is 11.8. The van der Waals surface area contributed by atoms with E-state index in [0.717, 1.165) is 12.0 Å². The SMILES string of the molecule is [C-]#[N+]C(C)c1ccc(Cc2ccccc2)cc1. The van der Waals surface area contributed by atoms with Gasteiger partial charge in [-0.2, -0.15) is 0 Å². The van der Waals surface area contributed by atoms with Crippen molar-refractivity contribution in [3.63, 3.8) is 0 Å². The van der Waals surface area contributed by atoms with Crippen LogP contribution in [0.2, 0.25) is 0 Å². The Balaban J connectivity index is 2.12. The van der Waals surface area contributed by atoms with E-state index in [0.29, 0.717) is 0 Å². The van der Waals surface area contributed by atoms with Gasteiger partial charge in [0.05, 0.1) is 0 Å². The summed E-state index contributed by atoms with van der Waals surface area (Å²) in [6.45, 7) is 8.93. The maximum absolute atomic E-state index is 7.00. The minimum Gasteiger partial charge on any atom is -0.309 e. The molecule has 1 nitrogen and oxygen atoms in total. The van der Waals surface area contributed by atoms with Gasteiger partial charge in [-0.05, 0) is 17.5 Å². The van der Waals surface area contributed by atoms with E-state index in [2.05, 4.69) is 53.4 Å². The summed E-state index contributed by atoms with van der Waals surface area (Å²) in [4.78, 5) is 3.52. The Morgan fingerprint density at radius 1 is 0.941 bits per heavy atom. The number of nitrogens with zero attached hydrogens (tertiary/aromatic N) is 1. The lowest BCUT2D eigenvalue weighted by molar-refractivity contribution is 0.958. The molecule has 0 saturated heterocycles. The van der Waals surface area contributed by atoms with E-state index in [9.17, 15) is 0 Å². The molecule has 1 unspecified atom stereocenters. The largest absolute Gasteiger partial charge is 0.309 e. The van der Waals surface area contributed by atoms with E-state index in [4.69, 9.17) is 6.57 Å². The molecule has 0 aliphatic rings. The summed E-state index contributed by atoms with van der Waals surface area (Å²) in [6.07, 6.45) is 0.952. The first-order valence-electron chi connectivity index (χ1n) is 5.79. The van der Waals surface area contributed by atoms with Crippen molar-refractivity contribution in [3.05, 3.63) is 82.7 Å². The third-order valence-corrected chi connectivity index (χ3v) is 2.91. The zero-order valence-electron chi connectivity index (χ0n) is 9.93. The molecule has 0 fully saturated rings. The first-order valence-corrected chi connectivity index (χ1v) is 5.79. The highest BCUT2D eigenvalue weighted by molar-refractivity contribution is 5.30. The van der Waals surface area contributed by atoms with Crippen LogP contribution in [0.4, 0.5) is 0 Å². The Morgan fingerprint density at radius 3 is 2.12 bits per heavy atom. The van der Waals surface area contributed by atoms with Gasteiger partial charge in [0.25, 0.3) is 0 Å². The highest BCUT2D eigenvalue weighted by Gasteiger charge is 2.07. The van der Waals surface area contributed by atoms with Crippen molar-refractivity contribution in [1.82, 2.24) is 0 Å². The maximum atomic E-state index is 7.00. The molecule has 0 amide bonds. The van der Waals surface area contributed by atoms with Crippen LogP contribution in [0.1, 0.15) is 29.7 Å². The molecule has 0 N–H and O–H groups in total. The Bertz CT molecular complexity index is 505. The highest BCUT2D eigenvalue weighted by Crippen LogP contribution is 2.18. The van der Waals surface area contributed by atoms with Crippen molar-refractivity contribution in [2.75, 3.05) is 0 Å². The summed E-state index contributed by atoms with van der Waals surface area (Å²) in [5.41, 5.74) is 3.70. The van der Waals surface area contributed by atoms with Crippen molar-refractivity contribution >= 4 is 0 Å². The Kier molecular flexibility index (Phi) is 3.57. The van der Waals surface area contributed by atoms with Crippen LogP contribution in [0.3, 0.4) is 0 Å². The van der Waals surface area contributed by atoms with Gasteiger partial charge in [0.2, 0.25) is 6.04 Å². The predicted octanol–water partition coefficient (Wildman–Crippen LogP) is 4.26. The maximum Gasteiger partial charge on any atom is 0.245 e. The van der Waals surface area contributed by atoms with Crippen molar-refractivity contribution in [2.45, 2.75) is 19.4 Å². The molecular formula is C16H15N. The molecule has 0 aliphatic heterocycles. The molecule has 0 radical (unpaired) electrons. The number of rotatable bonds is 3. The van der Waals surface area contributed by atoms with Gasteiger partial charge >= 0.3 is 0 Å². The van der Waals surface area contributed by atoms with Crippen molar-refractivity contribution in [3.8, 4) is 0 Å². The Morgan fingerprint density at radius 2 is 1.53 bits per heavy atom. The summed E-state index contributed by atoms with van der Waals surface area (Å²) in [7, 11) is 0. The monoisotopic (exact) mass is 221 g/mol. The molecule has 1 heteroatoms. The van der Waals surface area contributed by atoms with Gasteiger partial charge in [0.1, 0.15) is 0 Å². The van der Waals surface area contributed by atoms with Crippen LogP contribution in [0, 0.1) is 6.57 Å². The lowest BCUT2D eigenvalue weighted by atomic mass is 10.0. The van der Waals surface area contributed by atoms with E-state index in [1.54, 1.807) is 0 Å². The van der Waals surface area contributed by atoms with Crippen LogP contribution in [0.5, 0.6) is 0 Å². The second-order valence-corrected chi connectivity index (χ2v) is 4.21. The third kappa shape index (κ3) is 2.95. The first kappa shape index (κ1) is 11.4. The molecule has 0 saturated carbocycles. The molecule has 17 heavy (non-hydrogen) atoms. The van der Waals surface area contributed by atoms with Crippen LogP contribution in [-0.2, 0) is 6.42 Å². The molecule has 0 bridgehead atoms. The van der Waals surface area contributed by atoms with Gasteiger partial charge in [-0.3, -0.25) is 0 Å². The van der Waals surface area contributed by atoms with Gasteiger partial charge in [-0.25, -0.2) is 6.57 Å². The van der Waals surface area contributed by atoms with Gasteiger partial charge in [0.15, 0.2) is 0 Å². The second kappa shape index (κ2) is 5.32. The van der Waals surface area contributed by atoms with Gasteiger partial charge < -0.3 is 4.85 Å². The van der Waals surface area contributed by atoms with Gasteiger partial charge in [-0.15, -0.1) is 0 Å². The number of hydrogen-bond acceptors (Lipinski definition) is 0. The van der Waals surface area contributed by atoms with Crippen molar-refractivity contribution in [1.29, 1.82) is 0 Å². The number of hydrogen-bond donors (Lipinski definition) is 0. The van der Waals surface area contributed by atoms with E-state index < -0.39 is 0 Å². The first-order chi connectivity index (χ1) is 8.29. The van der Waals surface area contributed by atoms with Gasteiger partial charge in [0, 0.05) is 12.5 Å².